The van der Waals surface area contributed by atoms with Gasteiger partial charge in [-0.2, -0.15) is 0 Å². The fraction of sp³-hybridized carbons (Fsp3) is 0.0800. The molecule has 1 unspecified atom stereocenters. The van der Waals surface area contributed by atoms with Crippen LogP contribution in [0.1, 0.15) is 17.2 Å². The van der Waals surface area contributed by atoms with Crippen LogP contribution in [-0.4, -0.2) is 28.9 Å². The van der Waals surface area contributed by atoms with E-state index in [0.717, 1.165) is 16.2 Å². The number of aliphatic hydroxyl groups is 1. The van der Waals surface area contributed by atoms with Gasteiger partial charge in [-0.1, -0.05) is 23.5 Å². The Kier molecular flexibility index (Phi) is 5.33. The van der Waals surface area contributed by atoms with Crippen molar-refractivity contribution in [2.75, 3.05) is 12.0 Å². The minimum absolute atomic E-state index is 0.130. The Bertz CT molecular complexity index is 1480. The molecular formula is C25H16F2N2O4S. The summed E-state index contributed by atoms with van der Waals surface area (Å²) in [6.07, 6.45) is 0. The monoisotopic (exact) mass is 478 g/mol. The first-order valence-corrected chi connectivity index (χ1v) is 11.0. The van der Waals surface area contributed by atoms with E-state index in [-0.39, 0.29) is 21.8 Å². The maximum atomic E-state index is 14.2. The van der Waals surface area contributed by atoms with Gasteiger partial charge in [-0.3, -0.25) is 14.5 Å². The van der Waals surface area contributed by atoms with Crippen LogP contribution in [0.4, 0.5) is 13.9 Å². The highest BCUT2D eigenvalue weighted by atomic mass is 32.1. The number of halogens is 2. The molecule has 9 heteroatoms. The molecule has 1 atom stereocenters. The van der Waals surface area contributed by atoms with E-state index in [1.807, 2.05) is 0 Å². The lowest BCUT2D eigenvalue weighted by molar-refractivity contribution is -0.132. The van der Waals surface area contributed by atoms with Crippen molar-refractivity contribution < 1.29 is 28.2 Å². The molecule has 1 aliphatic heterocycles. The number of hydrogen-bond donors (Lipinski definition) is 1. The van der Waals surface area contributed by atoms with Crippen molar-refractivity contribution in [1.82, 2.24) is 4.98 Å². The fourth-order valence-electron chi connectivity index (χ4n) is 3.92. The van der Waals surface area contributed by atoms with Crippen molar-refractivity contribution in [1.29, 1.82) is 0 Å². The van der Waals surface area contributed by atoms with E-state index in [2.05, 4.69) is 4.98 Å². The summed E-state index contributed by atoms with van der Waals surface area (Å²) in [4.78, 5) is 31.8. The highest BCUT2D eigenvalue weighted by molar-refractivity contribution is 7.22. The van der Waals surface area contributed by atoms with Crippen LogP contribution < -0.4 is 9.64 Å². The zero-order valence-corrected chi connectivity index (χ0v) is 18.5. The Balaban J connectivity index is 1.72. The minimum atomic E-state index is -1.14. The van der Waals surface area contributed by atoms with E-state index in [1.54, 1.807) is 30.3 Å². The number of hydrogen-bond acceptors (Lipinski definition) is 6. The summed E-state index contributed by atoms with van der Waals surface area (Å²) in [7, 11) is 1.49. The third-order valence-electron chi connectivity index (χ3n) is 5.52. The lowest BCUT2D eigenvalue weighted by atomic mass is 9.95. The molecule has 1 aliphatic rings. The number of thiazole rings is 1. The number of nitrogens with zero attached hydrogens (tertiary/aromatic N) is 2. The average molecular weight is 478 g/mol. The second-order valence-corrected chi connectivity index (χ2v) is 8.57. The van der Waals surface area contributed by atoms with Crippen LogP contribution in [0.2, 0.25) is 0 Å². The Morgan fingerprint density at radius 1 is 1.03 bits per heavy atom. The van der Waals surface area contributed by atoms with Gasteiger partial charge in [-0.25, -0.2) is 13.8 Å². The third-order valence-corrected chi connectivity index (χ3v) is 6.54. The molecule has 5 rings (SSSR count). The number of ether oxygens (including phenoxy) is 1. The van der Waals surface area contributed by atoms with Crippen molar-refractivity contribution in [3.05, 3.63) is 95.1 Å². The standard InChI is InChI=1S/C25H16F2N2O4S/c1-33-17-8-5-13(6-9-17)22(30)20-21(14-3-2-4-15(26)11-14)29(24(32)23(20)31)25-28-18-10-7-16(27)12-19(18)34-25/h2-12,21,30H,1H3. The van der Waals surface area contributed by atoms with E-state index in [0.29, 0.717) is 16.0 Å². The highest BCUT2D eigenvalue weighted by Gasteiger charge is 2.48. The zero-order chi connectivity index (χ0) is 24.0. The molecular weight excluding hydrogens is 462 g/mol. The summed E-state index contributed by atoms with van der Waals surface area (Å²) in [6.45, 7) is 0. The van der Waals surface area contributed by atoms with Gasteiger partial charge < -0.3 is 9.84 Å². The number of anilines is 1. The number of rotatable bonds is 4. The molecule has 1 N–H and O–H groups in total. The summed E-state index contributed by atoms with van der Waals surface area (Å²) < 4.78 is 33.5. The summed E-state index contributed by atoms with van der Waals surface area (Å²) in [5.41, 5.74) is 0.800. The summed E-state index contributed by atoms with van der Waals surface area (Å²) in [6, 6.07) is 14.6. The molecule has 1 amide bonds. The van der Waals surface area contributed by atoms with Crippen LogP contribution in [0, 0.1) is 11.6 Å². The van der Waals surface area contributed by atoms with Crippen LogP contribution in [-0.2, 0) is 9.59 Å². The number of aromatic nitrogens is 1. The van der Waals surface area contributed by atoms with Crippen molar-refractivity contribution in [2.24, 2.45) is 0 Å². The van der Waals surface area contributed by atoms with E-state index >= 15 is 0 Å². The number of methoxy groups -OCH3 is 1. The molecule has 3 aromatic carbocycles. The van der Waals surface area contributed by atoms with Gasteiger partial charge in [0.05, 0.1) is 28.9 Å². The van der Waals surface area contributed by atoms with Crippen molar-refractivity contribution in [3.63, 3.8) is 0 Å². The molecule has 0 saturated carbocycles. The smallest absolute Gasteiger partial charge is 0.301 e. The Morgan fingerprint density at radius 3 is 2.47 bits per heavy atom. The van der Waals surface area contributed by atoms with Gasteiger partial charge in [-0.05, 0) is 60.2 Å². The number of benzene rings is 3. The maximum absolute atomic E-state index is 14.2. The minimum Gasteiger partial charge on any atom is -0.507 e. The van der Waals surface area contributed by atoms with Gasteiger partial charge in [0.2, 0.25) is 0 Å². The fourth-order valence-corrected chi connectivity index (χ4v) is 4.93. The molecule has 0 radical (unpaired) electrons. The van der Waals surface area contributed by atoms with Gasteiger partial charge in [-0.15, -0.1) is 0 Å². The number of Topliss-reactive ketones (excluding diaryl/α,β-unsaturated/α-hetero) is 1. The first-order chi connectivity index (χ1) is 16.4. The molecule has 1 aromatic heterocycles. The largest absolute Gasteiger partial charge is 0.507 e. The van der Waals surface area contributed by atoms with Crippen molar-refractivity contribution in [2.45, 2.75) is 6.04 Å². The summed E-state index contributed by atoms with van der Waals surface area (Å²) in [5, 5.41) is 11.2. The number of carbonyl (C=O) groups excluding carboxylic acids is 2. The lowest BCUT2D eigenvalue weighted by Crippen LogP contribution is -2.29. The second kappa shape index (κ2) is 8.35. The predicted molar refractivity (Wildman–Crippen MR) is 124 cm³/mol. The van der Waals surface area contributed by atoms with Crippen LogP contribution in [0.25, 0.3) is 16.0 Å². The SMILES string of the molecule is COc1ccc(C(O)=C2C(=O)C(=O)N(c3nc4ccc(F)cc4s3)C2c2cccc(F)c2)cc1. The molecule has 4 aromatic rings. The number of amides is 1. The molecule has 170 valence electrons. The number of fused-ring (bicyclic) bond motifs is 1. The first-order valence-electron chi connectivity index (χ1n) is 10.1. The lowest BCUT2D eigenvalue weighted by Gasteiger charge is -2.23. The molecule has 0 bridgehead atoms. The Morgan fingerprint density at radius 2 is 1.76 bits per heavy atom. The Labute approximate surface area is 196 Å². The van der Waals surface area contributed by atoms with E-state index in [9.17, 15) is 23.5 Å². The number of aliphatic hydroxyl groups excluding tert-OH is 1. The van der Waals surface area contributed by atoms with Gasteiger partial charge in [0.25, 0.3) is 5.78 Å². The van der Waals surface area contributed by atoms with Gasteiger partial charge in [0.15, 0.2) is 5.13 Å². The Hall–Kier alpha value is -4.11. The molecule has 0 aliphatic carbocycles. The van der Waals surface area contributed by atoms with E-state index in [1.165, 1.54) is 43.5 Å². The van der Waals surface area contributed by atoms with E-state index < -0.39 is 35.1 Å². The second-order valence-electron chi connectivity index (χ2n) is 7.56. The molecule has 34 heavy (non-hydrogen) atoms. The third kappa shape index (κ3) is 3.60. The summed E-state index contributed by atoms with van der Waals surface area (Å²) in [5.74, 6) is -2.77. The molecule has 2 heterocycles. The number of carbonyl (C=O) groups is 2. The van der Waals surface area contributed by atoms with Gasteiger partial charge >= 0.3 is 5.91 Å². The average Bonchev–Trinajstić information content (AvgIpc) is 3.36. The normalized spacial score (nSPS) is 17.5. The maximum Gasteiger partial charge on any atom is 0.301 e. The van der Waals surface area contributed by atoms with Gasteiger partial charge in [0, 0.05) is 5.56 Å². The van der Waals surface area contributed by atoms with Crippen LogP contribution in [0.3, 0.4) is 0 Å². The van der Waals surface area contributed by atoms with Crippen LogP contribution in [0.15, 0.2) is 72.3 Å². The molecule has 6 nitrogen and oxygen atoms in total. The van der Waals surface area contributed by atoms with E-state index in [4.69, 9.17) is 4.74 Å². The zero-order valence-electron chi connectivity index (χ0n) is 17.7. The molecule has 0 spiro atoms. The topological polar surface area (TPSA) is 79.7 Å². The van der Waals surface area contributed by atoms with Crippen molar-refractivity contribution >= 4 is 44.1 Å². The predicted octanol–water partition coefficient (Wildman–Crippen LogP) is 5.21. The quantitative estimate of drug-likeness (QED) is 0.248. The summed E-state index contributed by atoms with van der Waals surface area (Å²) >= 11 is 1.02. The highest BCUT2D eigenvalue weighted by Crippen LogP contribution is 2.44. The van der Waals surface area contributed by atoms with Crippen LogP contribution in [0.5, 0.6) is 5.75 Å². The van der Waals surface area contributed by atoms with Gasteiger partial charge in [0.1, 0.15) is 23.1 Å². The molecule has 1 fully saturated rings. The molecule has 1 saturated heterocycles. The van der Waals surface area contributed by atoms with Crippen molar-refractivity contribution in [3.8, 4) is 5.75 Å². The first kappa shape index (κ1) is 21.7. The number of ketones is 1. The van der Waals surface area contributed by atoms with Crippen LogP contribution >= 0.6 is 11.3 Å².